The molecule has 0 bridgehead atoms. The number of halogens is 1. The van der Waals surface area contributed by atoms with Crippen LogP contribution in [0.25, 0.3) is 11.0 Å². The summed E-state index contributed by atoms with van der Waals surface area (Å²) in [4.78, 5) is 29.7. The zero-order chi connectivity index (χ0) is 26.7. The number of hydrogen-bond acceptors (Lipinski definition) is 5. The van der Waals surface area contributed by atoms with Crippen LogP contribution in [0.5, 0.6) is 5.88 Å². The van der Waals surface area contributed by atoms with E-state index in [1.807, 2.05) is 60.9 Å². The number of aryl methyl sites for hydroxylation is 1. The number of carboxylic acid groups (broad SMARTS) is 1. The highest BCUT2D eigenvalue weighted by Crippen LogP contribution is 2.31. The van der Waals surface area contributed by atoms with Crippen molar-refractivity contribution in [2.24, 2.45) is 0 Å². The Morgan fingerprint density at radius 1 is 1.08 bits per heavy atom. The number of carbonyl (C=O) groups excluding carboxylic acids is 1. The zero-order valence-electron chi connectivity index (χ0n) is 21.2. The van der Waals surface area contributed by atoms with Crippen molar-refractivity contribution in [3.8, 4) is 5.88 Å². The minimum absolute atomic E-state index is 0.0784. The fourth-order valence-electron chi connectivity index (χ4n) is 4.41. The molecule has 0 fully saturated rings. The van der Waals surface area contributed by atoms with Crippen LogP contribution in [0.4, 0.5) is 0 Å². The number of carboxylic acids is 1. The SMILES string of the molecule is CCOC(Cc1ccc(Cn2c(C)c(C(=O)c3ccc(C)cc3)c3ccc(OC)nc32)c(Cl)c1)C(=O)O. The Labute approximate surface area is 220 Å². The van der Waals surface area contributed by atoms with Crippen LogP contribution in [-0.4, -0.2) is 46.2 Å². The number of ketones is 1. The number of benzene rings is 2. The van der Waals surface area contributed by atoms with Crippen molar-refractivity contribution >= 4 is 34.4 Å². The first-order chi connectivity index (χ1) is 17.7. The Hall–Kier alpha value is -3.68. The second-order valence-corrected chi connectivity index (χ2v) is 9.29. The molecule has 0 saturated carbocycles. The van der Waals surface area contributed by atoms with Gasteiger partial charge in [0, 0.05) is 40.8 Å². The van der Waals surface area contributed by atoms with E-state index in [-0.39, 0.29) is 12.2 Å². The maximum absolute atomic E-state index is 13.6. The fraction of sp³-hybridized carbons (Fsp3) is 0.276. The number of aromatic nitrogens is 2. The van der Waals surface area contributed by atoms with E-state index in [9.17, 15) is 14.7 Å². The molecule has 37 heavy (non-hydrogen) atoms. The molecule has 2 heterocycles. The summed E-state index contributed by atoms with van der Waals surface area (Å²) in [5.41, 5.74) is 5.23. The first-order valence-corrected chi connectivity index (χ1v) is 12.4. The first kappa shape index (κ1) is 26.4. The minimum Gasteiger partial charge on any atom is -0.481 e. The molecule has 1 atom stereocenters. The van der Waals surface area contributed by atoms with Gasteiger partial charge in [0.25, 0.3) is 0 Å². The summed E-state index contributed by atoms with van der Waals surface area (Å²) < 4.78 is 12.6. The van der Waals surface area contributed by atoms with Crippen LogP contribution in [0.1, 0.15) is 45.2 Å². The van der Waals surface area contributed by atoms with E-state index < -0.39 is 12.1 Å². The van der Waals surface area contributed by atoms with Gasteiger partial charge in [-0.3, -0.25) is 4.79 Å². The number of fused-ring (bicyclic) bond motifs is 1. The molecule has 0 saturated heterocycles. The van der Waals surface area contributed by atoms with E-state index in [1.165, 1.54) is 0 Å². The molecule has 0 aliphatic heterocycles. The fourth-order valence-corrected chi connectivity index (χ4v) is 4.68. The highest BCUT2D eigenvalue weighted by molar-refractivity contribution is 6.31. The van der Waals surface area contributed by atoms with Crippen molar-refractivity contribution in [1.29, 1.82) is 0 Å². The molecule has 0 amide bonds. The highest BCUT2D eigenvalue weighted by Gasteiger charge is 2.24. The summed E-state index contributed by atoms with van der Waals surface area (Å²) in [7, 11) is 1.55. The Morgan fingerprint density at radius 2 is 1.81 bits per heavy atom. The van der Waals surface area contributed by atoms with Gasteiger partial charge in [-0.25, -0.2) is 4.79 Å². The molecule has 0 radical (unpaired) electrons. The predicted molar refractivity (Wildman–Crippen MR) is 143 cm³/mol. The molecule has 4 aromatic rings. The molecule has 7 nitrogen and oxygen atoms in total. The third-order valence-corrected chi connectivity index (χ3v) is 6.75. The minimum atomic E-state index is -1.01. The van der Waals surface area contributed by atoms with Gasteiger partial charge in [0.05, 0.1) is 19.2 Å². The van der Waals surface area contributed by atoms with Crippen molar-refractivity contribution < 1.29 is 24.2 Å². The van der Waals surface area contributed by atoms with Crippen molar-refractivity contribution in [2.45, 2.75) is 39.8 Å². The van der Waals surface area contributed by atoms with E-state index in [0.717, 1.165) is 27.8 Å². The maximum atomic E-state index is 13.6. The standard InChI is InChI=1S/C29H29ClN2O5/c1-5-37-24(29(34)35)15-19-8-11-21(23(30)14-19)16-32-18(3)26(22-12-13-25(36-4)31-28(22)32)27(33)20-9-6-17(2)7-10-20/h6-14,24H,5,15-16H2,1-4H3,(H,34,35). The second kappa shape index (κ2) is 11.2. The van der Waals surface area contributed by atoms with Crippen LogP contribution in [-0.2, 0) is 22.5 Å². The number of pyridine rings is 1. The largest absolute Gasteiger partial charge is 0.481 e. The topological polar surface area (TPSA) is 90.7 Å². The summed E-state index contributed by atoms with van der Waals surface area (Å²) in [6.07, 6.45) is -0.725. The smallest absolute Gasteiger partial charge is 0.333 e. The molecule has 192 valence electrons. The third kappa shape index (κ3) is 5.53. The molecule has 4 rings (SSSR count). The van der Waals surface area contributed by atoms with Gasteiger partial charge in [-0.05, 0) is 44.0 Å². The molecule has 0 spiro atoms. The summed E-state index contributed by atoms with van der Waals surface area (Å²) in [6.45, 7) is 6.32. The first-order valence-electron chi connectivity index (χ1n) is 12.0. The number of ether oxygens (including phenoxy) is 2. The zero-order valence-corrected chi connectivity index (χ0v) is 22.0. The maximum Gasteiger partial charge on any atom is 0.333 e. The van der Waals surface area contributed by atoms with E-state index in [0.29, 0.717) is 40.8 Å². The Kier molecular flexibility index (Phi) is 7.95. The van der Waals surface area contributed by atoms with Crippen LogP contribution in [0.3, 0.4) is 0 Å². The molecule has 2 aromatic heterocycles. The second-order valence-electron chi connectivity index (χ2n) is 8.88. The third-order valence-electron chi connectivity index (χ3n) is 6.40. The van der Waals surface area contributed by atoms with Crippen molar-refractivity contribution in [3.05, 3.63) is 93.1 Å². The van der Waals surface area contributed by atoms with Gasteiger partial charge in [-0.1, -0.05) is 53.6 Å². The predicted octanol–water partition coefficient (Wildman–Crippen LogP) is 5.63. The number of hydrogen-bond donors (Lipinski definition) is 1. The van der Waals surface area contributed by atoms with Crippen molar-refractivity contribution in [2.75, 3.05) is 13.7 Å². The highest BCUT2D eigenvalue weighted by atomic mass is 35.5. The molecular formula is C29H29ClN2O5. The van der Waals surface area contributed by atoms with Crippen LogP contribution in [0, 0.1) is 13.8 Å². The van der Waals surface area contributed by atoms with Crippen LogP contribution in [0.2, 0.25) is 5.02 Å². The van der Waals surface area contributed by atoms with Gasteiger partial charge in [-0.2, -0.15) is 4.98 Å². The van der Waals surface area contributed by atoms with E-state index in [2.05, 4.69) is 4.98 Å². The molecule has 0 aliphatic carbocycles. The summed E-state index contributed by atoms with van der Waals surface area (Å²) in [6, 6.07) is 16.6. The van der Waals surface area contributed by atoms with Crippen molar-refractivity contribution in [1.82, 2.24) is 9.55 Å². The summed E-state index contributed by atoms with van der Waals surface area (Å²) in [5.74, 6) is -0.648. The average Bonchev–Trinajstić information content (AvgIpc) is 3.15. The van der Waals surface area contributed by atoms with E-state index in [1.54, 1.807) is 26.2 Å². The summed E-state index contributed by atoms with van der Waals surface area (Å²) >= 11 is 6.65. The van der Waals surface area contributed by atoms with Gasteiger partial charge >= 0.3 is 5.97 Å². The monoisotopic (exact) mass is 520 g/mol. The number of aliphatic carboxylic acids is 1. The molecule has 8 heteroatoms. The van der Waals surface area contributed by atoms with Gasteiger partial charge in [-0.15, -0.1) is 0 Å². The lowest BCUT2D eigenvalue weighted by molar-refractivity contribution is -0.149. The molecular weight excluding hydrogens is 492 g/mol. The normalized spacial score (nSPS) is 12.0. The Bertz CT molecular complexity index is 1460. The van der Waals surface area contributed by atoms with Crippen LogP contribution >= 0.6 is 11.6 Å². The molecule has 1 unspecified atom stereocenters. The summed E-state index contributed by atoms with van der Waals surface area (Å²) in [5, 5.41) is 10.6. The molecule has 0 aliphatic rings. The van der Waals surface area contributed by atoms with Crippen LogP contribution < -0.4 is 4.74 Å². The molecule has 2 aromatic carbocycles. The Morgan fingerprint density at radius 3 is 2.43 bits per heavy atom. The van der Waals surface area contributed by atoms with Gasteiger partial charge in [0.15, 0.2) is 11.9 Å². The number of nitrogens with zero attached hydrogens (tertiary/aromatic N) is 2. The number of rotatable bonds is 10. The molecule has 1 N–H and O–H groups in total. The van der Waals surface area contributed by atoms with E-state index >= 15 is 0 Å². The lowest BCUT2D eigenvalue weighted by Gasteiger charge is -2.14. The number of carbonyl (C=O) groups is 2. The van der Waals surface area contributed by atoms with E-state index in [4.69, 9.17) is 21.1 Å². The quantitative estimate of drug-likeness (QED) is 0.273. The van der Waals surface area contributed by atoms with Gasteiger partial charge in [0.1, 0.15) is 5.65 Å². The van der Waals surface area contributed by atoms with Gasteiger partial charge in [0.2, 0.25) is 5.88 Å². The number of methoxy groups -OCH3 is 1. The lowest BCUT2D eigenvalue weighted by atomic mass is 10.0. The Balaban J connectivity index is 1.74. The van der Waals surface area contributed by atoms with Gasteiger partial charge < -0.3 is 19.1 Å². The lowest BCUT2D eigenvalue weighted by Crippen LogP contribution is -2.26. The average molecular weight is 521 g/mol. The van der Waals surface area contributed by atoms with Crippen molar-refractivity contribution in [3.63, 3.8) is 0 Å². The van der Waals surface area contributed by atoms with Crippen LogP contribution in [0.15, 0.2) is 54.6 Å².